The molecule has 2 unspecified atom stereocenters. The summed E-state index contributed by atoms with van der Waals surface area (Å²) in [6.45, 7) is 8.44. The van der Waals surface area contributed by atoms with E-state index in [2.05, 4.69) is 24.1 Å². The number of aryl methyl sites for hydroxylation is 1. The summed E-state index contributed by atoms with van der Waals surface area (Å²) in [5, 5.41) is 3.58. The van der Waals surface area contributed by atoms with Gasteiger partial charge >= 0.3 is 0 Å². The van der Waals surface area contributed by atoms with E-state index < -0.39 is 0 Å². The highest BCUT2D eigenvalue weighted by Gasteiger charge is 2.25. The molecule has 100 valence electrons. The summed E-state index contributed by atoms with van der Waals surface area (Å²) in [5.74, 6) is -0.149. The van der Waals surface area contributed by atoms with Crippen molar-refractivity contribution in [2.45, 2.75) is 45.7 Å². The second-order valence-corrected chi connectivity index (χ2v) is 5.33. The van der Waals surface area contributed by atoms with Gasteiger partial charge in [0.1, 0.15) is 5.82 Å². The van der Waals surface area contributed by atoms with Crippen LogP contribution < -0.4 is 10.2 Å². The number of hydrogen-bond donors (Lipinski definition) is 1. The quantitative estimate of drug-likeness (QED) is 0.886. The second-order valence-electron chi connectivity index (χ2n) is 5.33. The highest BCUT2D eigenvalue weighted by atomic mass is 19.1. The van der Waals surface area contributed by atoms with Crippen LogP contribution in [0.2, 0.25) is 0 Å². The molecule has 1 aromatic rings. The SMILES string of the molecule is CCCC1CN(c2ccc(F)cc2C)C(C)CN1. The molecule has 1 N–H and O–H groups in total. The van der Waals surface area contributed by atoms with Crippen molar-refractivity contribution in [3.05, 3.63) is 29.6 Å². The van der Waals surface area contributed by atoms with E-state index in [-0.39, 0.29) is 5.82 Å². The van der Waals surface area contributed by atoms with Gasteiger partial charge in [-0.05, 0) is 44.0 Å². The van der Waals surface area contributed by atoms with Gasteiger partial charge in [-0.2, -0.15) is 0 Å². The van der Waals surface area contributed by atoms with E-state index in [0.717, 1.165) is 18.7 Å². The predicted octanol–water partition coefficient (Wildman–Crippen LogP) is 3.10. The summed E-state index contributed by atoms with van der Waals surface area (Å²) in [6, 6.07) is 6.11. The van der Waals surface area contributed by atoms with Crippen LogP contribution in [-0.2, 0) is 0 Å². The lowest BCUT2D eigenvalue weighted by Crippen LogP contribution is -2.55. The first kappa shape index (κ1) is 13.3. The van der Waals surface area contributed by atoms with E-state index in [9.17, 15) is 4.39 Å². The van der Waals surface area contributed by atoms with E-state index in [1.165, 1.54) is 18.5 Å². The molecular formula is C15H23FN2. The molecular weight excluding hydrogens is 227 g/mol. The molecule has 2 rings (SSSR count). The van der Waals surface area contributed by atoms with E-state index >= 15 is 0 Å². The Morgan fingerprint density at radius 2 is 2.22 bits per heavy atom. The molecule has 1 saturated heterocycles. The van der Waals surface area contributed by atoms with Gasteiger partial charge in [-0.15, -0.1) is 0 Å². The Kier molecular flexibility index (Phi) is 4.23. The Labute approximate surface area is 109 Å². The fourth-order valence-electron chi connectivity index (χ4n) is 2.75. The van der Waals surface area contributed by atoms with Crippen molar-refractivity contribution in [1.29, 1.82) is 0 Å². The molecule has 0 amide bonds. The van der Waals surface area contributed by atoms with Gasteiger partial charge < -0.3 is 10.2 Å². The third kappa shape index (κ3) is 2.83. The Morgan fingerprint density at radius 3 is 2.89 bits per heavy atom. The van der Waals surface area contributed by atoms with Crippen molar-refractivity contribution < 1.29 is 4.39 Å². The van der Waals surface area contributed by atoms with Gasteiger partial charge in [0.25, 0.3) is 0 Å². The Morgan fingerprint density at radius 1 is 1.44 bits per heavy atom. The summed E-state index contributed by atoms with van der Waals surface area (Å²) in [4.78, 5) is 2.41. The molecule has 0 aromatic heterocycles. The number of piperazine rings is 1. The molecule has 3 heteroatoms. The maximum atomic E-state index is 13.2. The minimum Gasteiger partial charge on any atom is -0.366 e. The smallest absolute Gasteiger partial charge is 0.123 e. The van der Waals surface area contributed by atoms with Crippen LogP contribution in [0.25, 0.3) is 0 Å². The van der Waals surface area contributed by atoms with Crippen molar-refractivity contribution in [3.8, 4) is 0 Å². The third-order valence-corrected chi connectivity index (χ3v) is 3.76. The van der Waals surface area contributed by atoms with Crippen molar-refractivity contribution in [2.24, 2.45) is 0 Å². The standard InChI is InChI=1S/C15H23FN2/c1-4-5-14-10-18(12(3)9-17-14)15-7-6-13(16)8-11(15)2/h6-8,12,14,17H,4-5,9-10H2,1-3H3. The minimum absolute atomic E-state index is 0.149. The van der Waals surface area contributed by atoms with Crippen molar-refractivity contribution in [1.82, 2.24) is 5.32 Å². The number of hydrogen-bond acceptors (Lipinski definition) is 2. The zero-order valence-electron chi connectivity index (χ0n) is 11.5. The first-order valence-corrected chi connectivity index (χ1v) is 6.88. The Balaban J connectivity index is 2.18. The average Bonchev–Trinajstić information content (AvgIpc) is 2.33. The van der Waals surface area contributed by atoms with E-state index in [0.29, 0.717) is 12.1 Å². The number of nitrogens with zero attached hydrogens (tertiary/aromatic N) is 1. The molecule has 1 aromatic carbocycles. The summed E-state index contributed by atoms with van der Waals surface area (Å²) >= 11 is 0. The lowest BCUT2D eigenvalue weighted by molar-refractivity contribution is 0.386. The average molecular weight is 250 g/mol. The molecule has 1 aliphatic heterocycles. The molecule has 1 heterocycles. The maximum absolute atomic E-state index is 13.2. The van der Waals surface area contributed by atoms with Gasteiger partial charge in [0.15, 0.2) is 0 Å². The molecule has 2 atom stereocenters. The summed E-state index contributed by atoms with van der Waals surface area (Å²) in [7, 11) is 0. The number of benzene rings is 1. The lowest BCUT2D eigenvalue weighted by atomic mass is 10.0. The molecule has 0 aliphatic carbocycles. The molecule has 0 spiro atoms. The monoisotopic (exact) mass is 250 g/mol. The first-order valence-electron chi connectivity index (χ1n) is 6.88. The Hall–Kier alpha value is -1.09. The van der Waals surface area contributed by atoms with Crippen LogP contribution in [0.15, 0.2) is 18.2 Å². The van der Waals surface area contributed by atoms with Gasteiger partial charge in [0, 0.05) is 30.9 Å². The van der Waals surface area contributed by atoms with Crippen LogP contribution in [0.1, 0.15) is 32.3 Å². The van der Waals surface area contributed by atoms with Crippen LogP contribution >= 0.6 is 0 Å². The number of anilines is 1. The van der Waals surface area contributed by atoms with Crippen molar-refractivity contribution in [3.63, 3.8) is 0 Å². The number of rotatable bonds is 3. The molecule has 1 aliphatic rings. The minimum atomic E-state index is -0.149. The molecule has 0 radical (unpaired) electrons. The fourth-order valence-corrected chi connectivity index (χ4v) is 2.75. The second kappa shape index (κ2) is 5.70. The van der Waals surface area contributed by atoms with Crippen LogP contribution in [0.5, 0.6) is 0 Å². The van der Waals surface area contributed by atoms with Gasteiger partial charge in [-0.3, -0.25) is 0 Å². The van der Waals surface area contributed by atoms with Crippen LogP contribution in [0.3, 0.4) is 0 Å². The maximum Gasteiger partial charge on any atom is 0.123 e. The van der Waals surface area contributed by atoms with E-state index in [4.69, 9.17) is 0 Å². The lowest BCUT2D eigenvalue weighted by Gasteiger charge is -2.41. The Bertz CT molecular complexity index is 405. The van der Waals surface area contributed by atoms with Gasteiger partial charge in [-0.1, -0.05) is 13.3 Å². The van der Waals surface area contributed by atoms with Crippen LogP contribution in [0.4, 0.5) is 10.1 Å². The topological polar surface area (TPSA) is 15.3 Å². The third-order valence-electron chi connectivity index (χ3n) is 3.76. The van der Waals surface area contributed by atoms with Crippen LogP contribution in [-0.4, -0.2) is 25.2 Å². The normalized spacial score (nSPS) is 24.3. The molecule has 18 heavy (non-hydrogen) atoms. The first-order chi connectivity index (χ1) is 8.61. The van der Waals surface area contributed by atoms with E-state index in [1.54, 1.807) is 12.1 Å². The van der Waals surface area contributed by atoms with Gasteiger partial charge in [0.05, 0.1) is 0 Å². The highest BCUT2D eigenvalue weighted by molar-refractivity contribution is 5.54. The predicted molar refractivity (Wildman–Crippen MR) is 74.6 cm³/mol. The molecule has 0 bridgehead atoms. The van der Waals surface area contributed by atoms with Crippen molar-refractivity contribution >= 4 is 5.69 Å². The summed E-state index contributed by atoms with van der Waals surface area (Å²) < 4.78 is 13.2. The summed E-state index contributed by atoms with van der Waals surface area (Å²) in [5.41, 5.74) is 2.20. The van der Waals surface area contributed by atoms with Crippen molar-refractivity contribution in [2.75, 3.05) is 18.0 Å². The van der Waals surface area contributed by atoms with Crippen LogP contribution in [0, 0.1) is 12.7 Å². The highest BCUT2D eigenvalue weighted by Crippen LogP contribution is 2.25. The summed E-state index contributed by atoms with van der Waals surface area (Å²) in [6.07, 6.45) is 2.39. The zero-order valence-corrected chi connectivity index (χ0v) is 11.5. The molecule has 0 saturated carbocycles. The van der Waals surface area contributed by atoms with Gasteiger partial charge in [-0.25, -0.2) is 4.39 Å². The van der Waals surface area contributed by atoms with Gasteiger partial charge in [0.2, 0.25) is 0 Å². The number of halogens is 1. The zero-order chi connectivity index (χ0) is 13.1. The number of nitrogens with one attached hydrogen (secondary N) is 1. The largest absolute Gasteiger partial charge is 0.366 e. The molecule has 2 nitrogen and oxygen atoms in total. The van der Waals surface area contributed by atoms with E-state index in [1.807, 2.05) is 13.0 Å². The fraction of sp³-hybridized carbons (Fsp3) is 0.600. The molecule has 1 fully saturated rings.